The highest BCUT2D eigenvalue weighted by atomic mass is 16.1. The maximum absolute atomic E-state index is 11.5. The molecule has 17 heavy (non-hydrogen) atoms. The van der Waals surface area contributed by atoms with Gasteiger partial charge in [-0.05, 0) is 31.0 Å². The zero-order valence-corrected chi connectivity index (χ0v) is 10.8. The van der Waals surface area contributed by atoms with Crippen molar-refractivity contribution in [1.29, 1.82) is 5.26 Å². The molecule has 3 heteroatoms. The minimum Gasteiger partial charge on any atom is -0.374 e. The lowest BCUT2D eigenvalue weighted by Crippen LogP contribution is -2.24. The second-order valence-corrected chi connectivity index (χ2v) is 4.67. The van der Waals surface area contributed by atoms with Crippen LogP contribution in [-0.4, -0.2) is 19.4 Å². The Hall–Kier alpha value is -1.82. The van der Waals surface area contributed by atoms with E-state index in [1.165, 1.54) is 0 Å². The summed E-state index contributed by atoms with van der Waals surface area (Å²) in [6, 6.07) is 7.29. The first-order chi connectivity index (χ1) is 7.95. The molecule has 0 aliphatic heterocycles. The Morgan fingerprint density at radius 2 is 2.12 bits per heavy atom. The SMILES string of the molecule is CC(=O)c1ccc(C#N)cc1N(C)CC(C)C. The van der Waals surface area contributed by atoms with Crippen LogP contribution < -0.4 is 4.90 Å². The van der Waals surface area contributed by atoms with Gasteiger partial charge in [-0.15, -0.1) is 0 Å². The van der Waals surface area contributed by atoms with Crippen molar-refractivity contribution in [2.24, 2.45) is 5.92 Å². The third kappa shape index (κ3) is 3.32. The highest BCUT2D eigenvalue weighted by Gasteiger charge is 2.12. The molecular weight excluding hydrogens is 212 g/mol. The molecule has 0 unspecified atom stereocenters. The molecule has 0 saturated heterocycles. The lowest BCUT2D eigenvalue weighted by Gasteiger charge is -2.23. The van der Waals surface area contributed by atoms with Crippen LogP contribution in [0.15, 0.2) is 18.2 Å². The van der Waals surface area contributed by atoms with Gasteiger partial charge in [-0.1, -0.05) is 13.8 Å². The summed E-state index contributed by atoms with van der Waals surface area (Å²) in [7, 11) is 1.95. The van der Waals surface area contributed by atoms with E-state index >= 15 is 0 Å². The summed E-state index contributed by atoms with van der Waals surface area (Å²) >= 11 is 0. The van der Waals surface area contributed by atoms with Gasteiger partial charge >= 0.3 is 0 Å². The first-order valence-corrected chi connectivity index (χ1v) is 5.72. The van der Waals surface area contributed by atoms with Gasteiger partial charge in [-0.3, -0.25) is 4.79 Å². The molecule has 0 N–H and O–H groups in total. The number of hydrogen-bond acceptors (Lipinski definition) is 3. The average molecular weight is 230 g/mol. The van der Waals surface area contributed by atoms with E-state index in [1.54, 1.807) is 25.1 Å². The Labute approximate surface area is 103 Å². The predicted molar refractivity (Wildman–Crippen MR) is 69.3 cm³/mol. The van der Waals surface area contributed by atoms with Gasteiger partial charge in [-0.25, -0.2) is 0 Å². The highest BCUT2D eigenvalue weighted by Crippen LogP contribution is 2.22. The molecule has 0 atom stereocenters. The smallest absolute Gasteiger partial charge is 0.161 e. The highest BCUT2D eigenvalue weighted by molar-refractivity contribution is 6.00. The predicted octanol–water partition coefficient (Wildman–Crippen LogP) is 2.85. The van der Waals surface area contributed by atoms with Crippen molar-refractivity contribution >= 4 is 11.5 Å². The molecule has 0 spiro atoms. The summed E-state index contributed by atoms with van der Waals surface area (Å²) in [5, 5.41) is 8.90. The zero-order valence-electron chi connectivity index (χ0n) is 10.8. The summed E-state index contributed by atoms with van der Waals surface area (Å²) < 4.78 is 0. The van der Waals surface area contributed by atoms with Crippen LogP contribution >= 0.6 is 0 Å². The molecule has 1 aromatic carbocycles. The second-order valence-electron chi connectivity index (χ2n) is 4.67. The lowest BCUT2D eigenvalue weighted by atomic mass is 10.0. The van der Waals surface area contributed by atoms with Crippen molar-refractivity contribution < 1.29 is 4.79 Å². The quantitative estimate of drug-likeness (QED) is 0.747. The van der Waals surface area contributed by atoms with Gasteiger partial charge in [0.05, 0.1) is 11.6 Å². The summed E-state index contributed by atoms with van der Waals surface area (Å²) in [5.74, 6) is 0.533. The van der Waals surface area contributed by atoms with Gasteiger partial charge in [0.1, 0.15) is 0 Å². The third-order valence-corrected chi connectivity index (χ3v) is 2.56. The van der Waals surface area contributed by atoms with Crippen LogP contribution in [0.4, 0.5) is 5.69 Å². The second kappa shape index (κ2) is 5.49. The van der Waals surface area contributed by atoms with Crippen molar-refractivity contribution in [3.05, 3.63) is 29.3 Å². The van der Waals surface area contributed by atoms with Crippen LogP contribution in [0.2, 0.25) is 0 Å². The molecule has 0 bridgehead atoms. The molecule has 0 saturated carbocycles. The number of benzene rings is 1. The number of carbonyl (C=O) groups is 1. The minimum atomic E-state index is 0.0279. The summed E-state index contributed by atoms with van der Waals surface area (Å²) in [6.07, 6.45) is 0. The fourth-order valence-electron chi connectivity index (χ4n) is 1.86. The maximum atomic E-state index is 11.5. The number of Topliss-reactive ketones (excluding diaryl/α,β-unsaturated/α-hetero) is 1. The van der Waals surface area contributed by atoms with Crippen LogP contribution in [0.3, 0.4) is 0 Å². The third-order valence-electron chi connectivity index (χ3n) is 2.56. The molecule has 0 fully saturated rings. The van der Waals surface area contributed by atoms with E-state index < -0.39 is 0 Å². The molecule has 0 radical (unpaired) electrons. The van der Waals surface area contributed by atoms with Crippen molar-refractivity contribution in [3.8, 4) is 6.07 Å². The normalized spacial score (nSPS) is 10.1. The fraction of sp³-hybridized carbons (Fsp3) is 0.429. The number of anilines is 1. The number of carbonyl (C=O) groups excluding carboxylic acids is 1. The molecule has 0 aliphatic rings. The van der Waals surface area contributed by atoms with Gasteiger partial charge in [-0.2, -0.15) is 5.26 Å². The van der Waals surface area contributed by atoms with E-state index in [0.29, 0.717) is 17.0 Å². The Morgan fingerprint density at radius 1 is 1.47 bits per heavy atom. The van der Waals surface area contributed by atoms with Gasteiger partial charge in [0, 0.05) is 24.8 Å². The topological polar surface area (TPSA) is 44.1 Å². The van der Waals surface area contributed by atoms with E-state index in [9.17, 15) is 4.79 Å². The summed E-state index contributed by atoms with van der Waals surface area (Å²) in [6.45, 7) is 6.65. The first kappa shape index (κ1) is 13.2. The van der Waals surface area contributed by atoms with Crippen LogP contribution in [-0.2, 0) is 0 Å². The van der Waals surface area contributed by atoms with Crippen LogP contribution in [0.25, 0.3) is 0 Å². The zero-order chi connectivity index (χ0) is 13.0. The monoisotopic (exact) mass is 230 g/mol. The molecule has 1 aromatic rings. The van der Waals surface area contributed by atoms with Crippen molar-refractivity contribution in [2.45, 2.75) is 20.8 Å². The summed E-state index contributed by atoms with van der Waals surface area (Å²) in [4.78, 5) is 13.6. The average Bonchev–Trinajstić information content (AvgIpc) is 2.27. The van der Waals surface area contributed by atoms with Crippen LogP contribution in [0, 0.1) is 17.2 Å². The van der Waals surface area contributed by atoms with Crippen molar-refractivity contribution in [3.63, 3.8) is 0 Å². The molecule has 1 rings (SSSR count). The number of ketones is 1. The van der Waals surface area contributed by atoms with Crippen LogP contribution in [0.5, 0.6) is 0 Å². The molecule has 3 nitrogen and oxygen atoms in total. The minimum absolute atomic E-state index is 0.0279. The summed E-state index contributed by atoms with van der Waals surface area (Å²) in [5.41, 5.74) is 2.10. The Balaban J connectivity index is 3.18. The standard InChI is InChI=1S/C14H18N2O/c1-10(2)9-16(4)14-7-12(8-15)5-6-13(14)11(3)17/h5-7,10H,9H2,1-4H3. The van der Waals surface area contributed by atoms with E-state index in [2.05, 4.69) is 19.9 Å². The van der Waals surface area contributed by atoms with Gasteiger partial charge in [0.2, 0.25) is 0 Å². The van der Waals surface area contributed by atoms with Gasteiger partial charge in [0.15, 0.2) is 5.78 Å². The van der Waals surface area contributed by atoms with Crippen LogP contribution in [0.1, 0.15) is 36.7 Å². The Kier molecular flexibility index (Phi) is 4.28. The number of rotatable bonds is 4. The van der Waals surface area contributed by atoms with Crippen molar-refractivity contribution in [2.75, 3.05) is 18.5 Å². The fourth-order valence-corrected chi connectivity index (χ4v) is 1.86. The molecule has 0 amide bonds. The molecule has 0 aliphatic carbocycles. The van der Waals surface area contributed by atoms with E-state index in [4.69, 9.17) is 5.26 Å². The maximum Gasteiger partial charge on any atom is 0.161 e. The van der Waals surface area contributed by atoms with E-state index in [1.807, 2.05) is 11.9 Å². The first-order valence-electron chi connectivity index (χ1n) is 5.72. The number of nitriles is 1. The molecule has 0 heterocycles. The van der Waals surface area contributed by atoms with Crippen molar-refractivity contribution in [1.82, 2.24) is 0 Å². The Morgan fingerprint density at radius 3 is 2.59 bits per heavy atom. The molecule has 90 valence electrons. The largest absolute Gasteiger partial charge is 0.374 e. The van der Waals surface area contributed by atoms with E-state index in [0.717, 1.165) is 12.2 Å². The molecule has 0 aromatic heterocycles. The van der Waals surface area contributed by atoms with E-state index in [-0.39, 0.29) is 5.78 Å². The van der Waals surface area contributed by atoms with Gasteiger partial charge in [0.25, 0.3) is 0 Å². The number of nitrogens with zero attached hydrogens (tertiary/aromatic N) is 2. The molecular formula is C14H18N2O. The Bertz CT molecular complexity index is 458. The lowest BCUT2D eigenvalue weighted by molar-refractivity contribution is 0.101. The number of hydrogen-bond donors (Lipinski definition) is 0. The van der Waals surface area contributed by atoms with Gasteiger partial charge < -0.3 is 4.90 Å².